The van der Waals surface area contributed by atoms with Gasteiger partial charge in [0.2, 0.25) is 10.0 Å². The molecule has 150 valence electrons. The van der Waals surface area contributed by atoms with Crippen molar-refractivity contribution in [2.24, 2.45) is 11.8 Å². The van der Waals surface area contributed by atoms with Gasteiger partial charge in [-0.05, 0) is 49.8 Å². The molecule has 1 aromatic rings. The van der Waals surface area contributed by atoms with Crippen LogP contribution in [0.3, 0.4) is 0 Å². The number of carboxylic acids is 1. The van der Waals surface area contributed by atoms with Crippen molar-refractivity contribution < 1.29 is 23.1 Å². The van der Waals surface area contributed by atoms with Gasteiger partial charge in [0.25, 0.3) is 5.91 Å². The van der Waals surface area contributed by atoms with Gasteiger partial charge in [-0.1, -0.05) is 26.8 Å². The molecule has 0 aromatic heterocycles. The fourth-order valence-electron chi connectivity index (χ4n) is 3.36. The van der Waals surface area contributed by atoms with E-state index in [-0.39, 0.29) is 28.7 Å². The van der Waals surface area contributed by atoms with Crippen molar-refractivity contribution >= 4 is 21.9 Å². The number of carbonyl (C=O) groups excluding carboxylic acids is 1. The lowest BCUT2D eigenvalue weighted by Gasteiger charge is -2.34. The maximum Gasteiger partial charge on any atom is 0.329 e. The summed E-state index contributed by atoms with van der Waals surface area (Å²) in [6.45, 7) is 8.05. The number of carbonyl (C=O) groups is 2. The van der Waals surface area contributed by atoms with Gasteiger partial charge in [-0.25, -0.2) is 13.2 Å². The van der Waals surface area contributed by atoms with Crippen molar-refractivity contribution in [1.29, 1.82) is 0 Å². The van der Waals surface area contributed by atoms with Crippen LogP contribution in [0.25, 0.3) is 0 Å². The number of sulfonamides is 1. The highest BCUT2D eigenvalue weighted by Crippen LogP contribution is 2.27. The first-order chi connectivity index (χ1) is 12.5. The standard InChI is InChI=1S/C19H28N2O5S/c1-5-19(4,18(23)24)20-17(22)15-7-6-8-16(10-15)27(25,26)21-11-13(2)9-14(3)12-21/h6-8,10,13-14H,5,9,11-12H2,1-4H3,(H,20,22)(H,23,24). The fourth-order valence-corrected chi connectivity index (χ4v) is 5.09. The van der Waals surface area contributed by atoms with Gasteiger partial charge in [0.15, 0.2) is 0 Å². The molecule has 2 rings (SSSR count). The third-order valence-electron chi connectivity index (χ3n) is 5.14. The molecule has 0 spiro atoms. The van der Waals surface area contributed by atoms with Crippen molar-refractivity contribution in [3.05, 3.63) is 29.8 Å². The smallest absolute Gasteiger partial charge is 0.329 e. The Balaban J connectivity index is 2.29. The Labute approximate surface area is 160 Å². The minimum atomic E-state index is -3.71. The van der Waals surface area contributed by atoms with E-state index in [9.17, 15) is 23.1 Å². The Bertz CT molecular complexity index is 813. The summed E-state index contributed by atoms with van der Waals surface area (Å²) in [5.41, 5.74) is -1.29. The predicted molar refractivity (Wildman–Crippen MR) is 102 cm³/mol. The number of carboxylic acid groups (broad SMARTS) is 1. The Morgan fingerprint density at radius 1 is 1.26 bits per heavy atom. The second-order valence-corrected chi connectivity index (χ2v) is 9.68. The van der Waals surface area contributed by atoms with Crippen LogP contribution < -0.4 is 5.32 Å². The average molecular weight is 397 g/mol. The molecule has 7 nitrogen and oxygen atoms in total. The molecule has 1 saturated heterocycles. The highest BCUT2D eigenvalue weighted by molar-refractivity contribution is 7.89. The number of benzene rings is 1. The summed E-state index contributed by atoms with van der Waals surface area (Å²) in [5, 5.41) is 11.8. The summed E-state index contributed by atoms with van der Waals surface area (Å²) in [6, 6.07) is 5.76. The molecule has 1 heterocycles. The molecule has 8 heteroatoms. The quantitative estimate of drug-likeness (QED) is 0.768. The third kappa shape index (κ3) is 4.68. The van der Waals surface area contributed by atoms with Gasteiger partial charge in [0.05, 0.1) is 4.90 Å². The molecule has 0 aliphatic carbocycles. The van der Waals surface area contributed by atoms with Crippen LogP contribution in [0.4, 0.5) is 0 Å². The number of amides is 1. The highest BCUT2D eigenvalue weighted by atomic mass is 32.2. The minimum Gasteiger partial charge on any atom is -0.480 e. The van der Waals surface area contributed by atoms with Gasteiger partial charge in [0.1, 0.15) is 5.54 Å². The van der Waals surface area contributed by atoms with Crippen LogP contribution in [0.15, 0.2) is 29.2 Å². The van der Waals surface area contributed by atoms with Crippen LogP contribution >= 0.6 is 0 Å². The van der Waals surface area contributed by atoms with E-state index >= 15 is 0 Å². The second kappa shape index (κ2) is 7.98. The van der Waals surface area contributed by atoms with Crippen LogP contribution in [0.5, 0.6) is 0 Å². The van der Waals surface area contributed by atoms with Crippen LogP contribution in [-0.4, -0.2) is 48.3 Å². The molecule has 1 aliphatic rings. The maximum absolute atomic E-state index is 13.0. The number of nitrogens with one attached hydrogen (secondary N) is 1. The zero-order valence-corrected chi connectivity index (χ0v) is 17.0. The van der Waals surface area contributed by atoms with E-state index in [2.05, 4.69) is 5.32 Å². The van der Waals surface area contributed by atoms with Crippen LogP contribution in [0.1, 0.15) is 50.9 Å². The normalized spacial score (nSPS) is 23.4. The van der Waals surface area contributed by atoms with E-state index in [0.717, 1.165) is 6.42 Å². The zero-order chi connectivity index (χ0) is 20.4. The zero-order valence-electron chi connectivity index (χ0n) is 16.2. The molecule has 3 atom stereocenters. The van der Waals surface area contributed by atoms with Crippen molar-refractivity contribution in [2.45, 2.75) is 51.0 Å². The second-order valence-electron chi connectivity index (χ2n) is 7.74. The molecular formula is C19H28N2O5S. The lowest BCUT2D eigenvalue weighted by molar-refractivity contribution is -0.143. The molecule has 0 bridgehead atoms. The molecule has 1 aromatic carbocycles. The molecule has 0 radical (unpaired) electrons. The van der Waals surface area contributed by atoms with E-state index in [0.29, 0.717) is 13.1 Å². The van der Waals surface area contributed by atoms with E-state index in [1.807, 2.05) is 13.8 Å². The molecule has 3 unspecified atom stereocenters. The Morgan fingerprint density at radius 3 is 2.37 bits per heavy atom. The van der Waals surface area contributed by atoms with Gasteiger partial charge in [-0.15, -0.1) is 0 Å². The number of aliphatic carboxylic acids is 1. The summed E-state index contributed by atoms with van der Waals surface area (Å²) in [6.07, 6.45) is 1.19. The molecule has 1 amide bonds. The molecule has 1 fully saturated rings. The monoisotopic (exact) mass is 396 g/mol. The molecule has 1 aliphatic heterocycles. The molecule has 2 N–H and O–H groups in total. The first-order valence-corrected chi connectivity index (χ1v) is 10.6. The number of rotatable bonds is 6. The predicted octanol–water partition coefficient (Wildman–Crippen LogP) is 2.34. The summed E-state index contributed by atoms with van der Waals surface area (Å²) in [5.74, 6) is -1.20. The minimum absolute atomic E-state index is 0.0463. The number of piperidine rings is 1. The number of hydrogen-bond acceptors (Lipinski definition) is 4. The van der Waals surface area contributed by atoms with Gasteiger partial charge in [-0.2, -0.15) is 4.31 Å². The Hall–Kier alpha value is -1.93. The summed E-state index contributed by atoms with van der Waals surface area (Å²) in [7, 11) is -3.71. The summed E-state index contributed by atoms with van der Waals surface area (Å²) < 4.78 is 27.5. The highest BCUT2D eigenvalue weighted by Gasteiger charge is 2.34. The first-order valence-electron chi connectivity index (χ1n) is 9.15. The number of nitrogens with zero attached hydrogens (tertiary/aromatic N) is 1. The van der Waals surface area contributed by atoms with Crippen LogP contribution in [0, 0.1) is 11.8 Å². The van der Waals surface area contributed by atoms with E-state index in [4.69, 9.17) is 0 Å². The van der Waals surface area contributed by atoms with Crippen molar-refractivity contribution in [2.75, 3.05) is 13.1 Å². The van der Waals surface area contributed by atoms with Crippen molar-refractivity contribution in [3.63, 3.8) is 0 Å². The number of hydrogen-bond donors (Lipinski definition) is 2. The first kappa shape index (κ1) is 21.4. The molecular weight excluding hydrogens is 368 g/mol. The Kier molecular flexibility index (Phi) is 6.32. The van der Waals surface area contributed by atoms with Crippen molar-refractivity contribution in [1.82, 2.24) is 9.62 Å². The van der Waals surface area contributed by atoms with Crippen molar-refractivity contribution in [3.8, 4) is 0 Å². The van der Waals surface area contributed by atoms with Crippen LogP contribution in [0.2, 0.25) is 0 Å². The van der Waals surface area contributed by atoms with E-state index in [1.54, 1.807) is 6.92 Å². The SMILES string of the molecule is CCC(C)(NC(=O)c1cccc(S(=O)(=O)N2CC(C)CC(C)C2)c1)C(=O)O. The van der Waals surface area contributed by atoms with E-state index < -0.39 is 27.4 Å². The lowest BCUT2D eigenvalue weighted by atomic mass is 9.94. The fraction of sp³-hybridized carbons (Fsp3) is 0.579. The summed E-state index contributed by atoms with van der Waals surface area (Å²) >= 11 is 0. The van der Waals surface area contributed by atoms with Gasteiger partial charge in [0, 0.05) is 18.7 Å². The topological polar surface area (TPSA) is 104 Å². The maximum atomic E-state index is 13.0. The molecule has 27 heavy (non-hydrogen) atoms. The third-order valence-corrected chi connectivity index (χ3v) is 6.97. The Morgan fingerprint density at radius 2 is 1.85 bits per heavy atom. The largest absolute Gasteiger partial charge is 0.480 e. The van der Waals surface area contributed by atoms with E-state index in [1.165, 1.54) is 35.5 Å². The lowest BCUT2D eigenvalue weighted by Crippen LogP contribution is -2.51. The van der Waals surface area contributed by atoms with Gasteiger partial charge < -0.3 is 10.4 Å². The van der Waals surface area contributed by atoms with Gasteiger partial charge >= 0.3 is 5.97 Å². The molecule has 0 saturated carbocycles. The summed E-state index contributed by atoms with van der Waals surface area (Å²) in [4.78, 5) is 23.9. The van der Waals surface area contributed by atoms with Crippen LogP contribution in [-0.2, 0) is 14.8 Å². The average Bonchev–Trinajstić information content (AvgIpc) is 2.60. The van der Waals surface area contributed by atoms with Gasteiger partial charge in [-0.3, -0.25) is 4.79 Å².